The highest BCUT2D eigenvalue weighted by molar-refractivity contribution is 5.86. The number of phenolic OH excluding ortho intramolecular Hbond substituents is 1. The molecule has 0 saturated carbocycles. The molecule has 2 heterocycles. The zero-order chi connectivity index (χ0) is 23.5. The van der Waals surface area contributed by atoms with Crippen LogP contribution in [0.1, 0.15) is 11.7 Å². The molecule has 1 saturated heterocycles. The minimum Gasteiger partial charge on any atom is -0.507 e. The molecular formula is C27H23NO6. The second-order valence-electron chi connectivity index (χ2n) is 8.06. The molecule has 0 radical (unpaired) electrons. The maximum absolute atomic E-state index is 12.8. The predicted octanol–water partition coefficient (Wildman–Crippen LogP) is 4.14. The fourth-order valence-electron chi connectivity index (χ4n) is 4.05. The van der Waals surface area contributed by atoms with Crippen molar-refractivity contribution >= 4 is 16.9 Å². The van der Waals surface area contributed by atoms with E-state index < -0.39 is 0 Å². The fraction of sp³-hybridized carbons (Fsp3) is 0.185. The molecule has 4 aromatic rings. The van der Waals surface area contributed by atoms with Crippen LogP contribution in [0.2, 0.25) is 0 Å². The molecule has 1 aliphatic heterocycles. The Labute approximate surface area is 195 Å². The number of carbonyl (C=O) groups excluding carboxylic acids is 1. The Hall–Kier alpha value is -4.10. The summed E-state index contributed by atoms with van der Waals surface area (Å²) in [7, 11) is 0. The van der Waals surface area contributed by atoms with Crippen LogP contribution in [0.25, 0.3) is 22.3 Å². The number of rotatable bonds is 5. The van der Waals surface area contributed by atoms with Crippen LogP contribution in [0.15, 0.2) is 88.1 Å². The van der Waals surface area contributed by atoms with Crippen LogP contribution in [-0.2, 0) is 9.53 Å². The second-order valence-corrected chi connectivity index (χ2v) is 8.06. The molecule has 172 valence electrons. The highest BCUT2D eigenvalue weighted by Gasteiger charge is 2.25. The van der Waals surface area contributed by atoms with Crippen molar-refractivity contribution in [3.63, 3.8) is 0 Å². The average Bonchev–Trinajstić information content (AvgIpc) is 2.88. The van der Waals surface area contributed by atoms with E-state index in [0.717, 1.165) is 11.1 Å². The van der Waals surface area contributed by atoms with Gasteiger partial charge in [-0.05, 0) is 5.56 Å². The van der Waals surface area contributed by atoms with Crippen LogP contribution in [0.3, 0.4) is 0 Å². The summed E-state index contributed by atoms with van der Waals surface area (Å²) < 4.78 is 17.4. The Balaban J connectivity index is 1.32. The number of morpholine rings is 1. The smallest absolute Gasteiger partial charge is 0.260 e. The Morgan fingerprint density at radius 1 is 1.03 bits per heavy atom. The molecule has 1 amide bonds. The molecule has 0 spiro atoms. The maximum Gasteiger partial charge on any atom is 0.260 e. The predicted molar refractivity (Wildman–Crippen MR) is 127 cm³/mol. The molecule has 3 aromatic carbocycles. The molecule has 1 atom stereocenters. The van der Waals surface area contributed by atoms with E-state index in [1.165, 1.54) is 18.2 Å². The summed E-state index contributed by atoms with van der Waals surface area (Å²) in [4.78, 5) is 27.1. The monoisotopic (exact) mass is 457 g/mol. The summed E-state index contributed by atoms with van der Waals surface area (Å²) in [6.45, 7) is 1.14. The van der Waals surface area contributed by atoms with E-state index in [9.17, 15) is 14.7 Å². The number of fused-ring (bicyclic) bond motifs is 1. The summed E-state index contributed by atoms with van der Waals surface area (Å²) in [5.74, 6) is 0.165. The van der Waals surface area contributed by atoms with Crippen LogP contribution in [-0.4, -0.2) is 42.2 Å². The Bertz CT molecular complexity index is 1370. The third-order valence-corrected chi connectivity index (χ3v) is 5.79. The van der Waals surface area contributed by atoms with Gasteiger partial charge >= 0.3 is 0 Å². The van der Waals surface area contributed by atoms with Gasteiger partial charge in [0.1, 0.15) is 34.3 Å². The van der Waals surface area contributed by atoms with Crippen molar-refractivity contribution in [2.45, 2.75) is 6.10 Å². The molecule has 0 aliphatic carbocycles. The van der Waals surface area contributed by atoms with E-state index in [1.54, 1.807) is 4.90 Å². The van der Waals surface area contributed by atoms with E-state index in [-0.39, 0.29) is 46.5 Å². The lowest BCUT2D eigenvalue weighted by Gasteiger charge is -2.33. The first-order valence-electron chi connectivity index (χ1n) is 11.0. The number of nitrogens with zero attached hydrogens (tertiary/aromatic N) is 1. The number of ether oxygens (including phenoxy) is 2. The highest BCUT2D eigenvalue weighted by Crippen LogP contribution is 2.31. The Morgan fingerprint density at radius 3 is 2.53 bits per heavy atom. The molecule has 1 N–H and O–H groups in total. The number of aromatic hydroxyl groups is 1. The molecule has 7 heteroatoms. The van der Waals surface area contributed by atoms with Gasteiger partial charge in [-0.25, -0.2) is 0 Å². The fourth-order valence-corrected chi connectivity index (χ4v) is 4.05. The summed E-state index contributed by atoms with van der Waals surface area (Å²) in [6.07, 6.45) is -0.186. The summed E-state index contributed by atoms with van der Waals surface area (Å²) in [5.41, 5.74) is 1.58. The van der Waals surface area contributed by atoms with Gasteiger partial charge in [-0.3, -0.25) is 9.59 Å². The minimum absolute atomic E-state index is 0.0669. The maximum atomic E-state index is 12.8. The van der Waals surface area contributed by atoms with Crippen molar-refractivity contribution in [3.8, 4) is 22.8 Å². The van der Waals surface area contributed by atoms with Crippen LogP contribution in [0.5, 0.6) is 11.5 Å². The number of benzene rings is 3. The van der Waals surface area contributed by atoms with Gasteiger partial charge in [0, 0.05) is 30.3 Å². The summed E-state index contributed by atoms with van der Waals surface area (Å²) in [6, 6.07) is 23.2. The first kappa shape index (κ1) is 21.7. The van der Waals surface area contributed by atoms with Crippen LogP contribution < -0.4 is 10.2 Å². The summed E-state index contributed by atoms with van der Waals surface area (Å²) in [5, 5.41) is 10.5. The normalized spacial score (nSPS) is 15.9. The van der Waals surface area contributed by atoms with Crippen molar-refractivity contribution in [3.05, 3.63) is 94.6 Å². The lowest BCUT2D eigenvalue weighted by molar-refractivity contribution is -0.141. The van der Waals surface area contributed by atoms with Gasteiger partial charge in [-0.2, -0.15) is 0 Å². The van der Waals surface area contributed by atoms with Gasteiger partial charge in [0.25, 0.3) is 5.91 Å². The van der Waals surface area contributed by atoms with Gasteiger partial charge in [-0.15, -0.1) is 0 Å². The lowest BCUT2D eigenvalue weighted by atomic mass is 10.1. The topological polar surface area (TPSA) is 89.2 Å². The molecule has 5 rings (SSSR count). The largest absolute Gasteiger partial charge is 0.507 e. The number of hydrogen-bond donors (Lipinski definition) is 1. The van der Waals surface area contributed by atoms with Crippen molar-refractivity contribution in [2.24, 2.45) is 0 Å². The van der Waals surface area contributed by atoms with E-state index in [4.69, 9.17) is 13.9 Å². The molecule has 7 nitrogen and oxygen atoms in total. The molecule has 1 aromatic heterocycles. The SMILES string of the molecule is O=C(COc1cc(O)c2c(=O)cc(-c3ccccc3)oc2c1)N1CCOC(c2ccccc2)C1. The van der Waals surface area contributed by atoms with Crippen molar-refractivity contribution in [1.29, 1.82) is 0 Å². The number of amides is 1. The van der Waals surface area contributed by atoms with Crippen molar-refractivity contribution in [2.75, 3.05) is 26.3 Å². The molecule has 0 bridgehead atoms. The lowest BCUT2D eigenvalue weighted by Crippen LogP contribution is -2.44. The van der Waals surface area contributed by atoms with Crippen LogP contribution in [0.4, 0.5) is 0 Å². The number of carbonyl (C=O) groups is 1. The third kappa shape index (κ3) is 4.51. The van der Waals surface area contributed by atoms with Crippen molar-refractivity contribution in [1.82, 2.24) is 4.90 Å². The minimum atomic E-state index is -0.361. The zero-order valence-electron chi connectivity index (χ0n) is 18.3. The van der Waals surface area contributed by atoms with Crippen LogP contribution >= 0.6 is 0 Å². The zero-order valence-corrected chi connectivity index (χ0v) is 18.3. The first-order chi connectivity index (χ1) is 16.6. The van der Waals surface area contributed by atoms with Gasteiger partial charge < -0.3 is 23.9 Å². The highest BCUT2D eigenvalue weighted by atomic mass is 16.5. The summed E-state index contributed by atoms with van der Waals surface area (Å²) >= 11 is 0. The van der Waals surface area contributed by atoms with E-state index in [0.29, 0.717) is 25.5 Å². The number of phenols is 1. The third-order valence-electron chi connectivity index (χ3n) is 5.79. The standard InChI is InChI=1S/C27H23NO6/c29-21-13-20(14-24-27(21)22(30)15-23(34-24)18-7-3-1-4-8-18)33-17-26(31)28-11-12-32-25(16-28)19-9-5-2-6-10-19/h1-10,13-15,25,29H,11-12,16-17H2. The Morgan fingerprint density at radius 2 is 1.76 bits per heavy atom. The van der Waals surface area contributed by atoms with E-state index >= 15 is 0 Å². The molecule has 1 aliphatic rings. The van der Waals surface area contributed by atoms with E-state index in [2.05, 4.69) is 0 Å². The first-order valence-corrected chi connectivity index (χ1v) is 11.0. The van der Waals surface area contributed by atoms with Crippen LogP contribution in [0, 0.1) is 0 Å². The Kier molecular flexibility index (Phi) is 6.01. The van der Waals surface area contributed by atoms with Crippen molar-refractivity contribution < 1.29 is 23.8 Å². The van der Waals surface area contributed by atoms with Gasteiger partial charge in [-0.1, -0.05) is 60.7 Å². The molecular weight excluding hydrogens is 434 g/mol. The molecule has 1 unspecified atom stereocenters. The quantitative estimate of drug-likeness (QED) is 0.485. The van der Waals surface area contributed by atoms with Gasteiger partial charge in [0.15, 0.2) is 12.0 Å². The average molecular weight is 457 g/mol. The van der Waals surface area contributed by atoms with Gasteiger partial charge in [0.05, 0.1) is 13.2 Å². The second kappa shape index (κ2) is 9.41. The van der Waals surface area contributed by atoms with E-state index in [1.807, 2.05) is 60.7 Å². The molecule has 1 fully saturated rings. The number of hydrogen-bond acceptors (Lipinski definition) is 6. The van der Waals surface area contributed by atoms with Gasteiger partial charge in [0.2, 0.25) is 0 Å². The molecule has 34 heavy (non-hydrogen) atoms.